The molecule has 2 aliphatic rings. The summed E-state index contributed by atoms with van der Waals surface area (Å²) in [5.74, 6) is 2.89. The highest BCUT2D eigenvalue weighted by Gasteiger charge is 2.21. The van der Waals surface area contributed by atoms with Crippen LogP contribution in [0.2, 0.25) is 0 Å². The lowest BCUT2D eigenvalue weighted by Crippen LogP contribution is -2.33. The predicted molar refractivity (Wildman–Crippen MR) is 102 cm³/mol. The number of phenols is 1. The molecule has 1 fully saturated rings. The van der Waals surface area contributed by atoms with E-state index in [1.165, 1.54) is 11.1 Å². The number of benzene rings is 2. The Labute approximate surface area is 155 Å². The van der Waals surface area contributed by atoms with E-state index in [4.69, 9.17) is 9.47 Å². The first kappa shape index (κ1) is 17.2. The van der Waals surface area contributed by atoms with Crippen molar-refractivity contribution in [3.8, 4) is 17.2 Å². The summed E-state index contributed by atoms with van der Waals surface area (Å²) in [6, 6.07) is 12.2. The number of piperidine rings is 1. The van der Waals surface area contributed by atoms with Crippen molar-refractivity contribution in [2.24, 2.45) is 5.92 Å². The molecule has 2 aromatic carbocycles. The molecule has 0 radical (unpaired) electrons. The average Bonchev–Trinajstić information content (AvgIpc) is 3.13. The molecule has 2 aromatic rings. The zero-order chi connectivity index (χ0) is 17.9. The van der Waals surface area contributed by atoms with E-state index in [2.05, 4.69) is 23.1 Å². The fourth-order valence-electron chi connectivity index (χ4n) is 4.08. The number of phenolic OH excluding ortho intramolecular Hbond substituents is 1. The van der Waals surface area contributed by atoms with Crippen LogP contribution in [0.3, 0.4) is 0 Å². The summed E-state index contributed by atoms with van der Waals surface area (Å²) in [5.41, 5.74) is 3.68. The van der Waals surface area contributed by atoms with Crippen LogP contribution in [0, 0.1) is 5.92 Å². The van der Waals surface area contributed by atoms with Crippen molar-refractivity contribution in [2.45, 2.75) is 32.2 Å². The van der Waals surface area contributed by atoms with Crippen molar-refractivity contribution < 1.29 is 14.6 Å². The largest absolute Gasteiger partial charge is 0.508 e. The summed E-state index contributed by atoms with van der Waals surface area (Å²) in [6.07, 6.45) is 4.29. The molecule has 1 saturated heterocycles. The first-order chi connectivity index (χ1) is 12.7. The zero-order valence-electron chi connectivity index (χ0n) is 15.4. The first-order valence-corrected chi connectivity index (χ1v) is 9.54. The number of rotatable bonds is 5. The van der Waals surface area contributed by atoms with Crippen molar-refractivity contribution in [1.82, 2.24) is 4.90 Å². The molecule has 4 nitrogen and oxygen atoms in total. The maximum atomic E-state index is 10.1. The van der Waals surface area contributed by atoms with Gasteiger partial charge < -0.3 is 14.6 Å². The fourth-order valence-corrected chi connectivity index (χ4v) is 4.08. The summed E-state index contributed by atoms with van der Waals surface area (Å²) in [4.78, 5) is 2.53. The monoisotopic (exact) mass is 353 g/mol. The summed E-state index contributed by atoms with van der Waals surface area (Å²) >= 11 is 0. The topological polar surface area (TPSA) is 41.9 Å². The van der Waals surface area contributed by atoms with E-state index in [9.17, 15) is 5.11 Å². The average molecular weight is 353 g/mol. The lowest BCUT2D eigenvalue weighted by molar-refractivity contribution is 0.176. The van der Waals surface area contributed by atoms with Crippen LogP contribution in [0.5, 0.6) is 17.2 Å². The molecule has 0 amide bonds. The summed E-state index contributed by atoms with van der Waals surface area (Å²) in [6.45, 7) is 4.02. The van der Waals surface area contributed by atoms with E-state index in [1.54, 1.807) is 13.2 Å². The Morgan fingerprint density at radius 1 is 1.15 bits per heavy atom. The first-order valence-electron chi connectivity index (χ1n) is 9.54. The standard InChI is InChI=1S/C22H27NO3/c1-25-20-4-5-21(24)19(14-20)12-16-6-9-23(10-7-16)15-17-2-3-18-8-11-26-22(18)13-17/h2-5,13-14,16,24H,6-12,15H2,1H3. The molecule has 2 aliphatic heterocycles. The van der Waals surface area contributed by atoms with Gasteiger partial charge in [0.1, 0.15) is 17.2 Å². The van der Waals surface area contributed by atoms with Crippen LogP contribution in [0.4, 0.5) is 0 Å². The lowest BCUT2D eigenvalue weighted by atomic mass is 9.89. The predicted octanol–water partition coefficient (Wildman–Crippen LogP) is 3.79. The van der Waals surface area contributed by atoms with Crippen LogP contribution < -0.4 is 9.47 Å². The highest BCUT2D eigenvalue weighted by Crippen LogP contribution is 2.30. The molecule has 2 heterocycles. The maximum absolute atomic E-state index is 10.1. The van der Waals surface area contributed by atoms with Gasteiger partial charge in [-0.05, 0) is 79.2 Å². The number of hydrogen-bond acceptors (Lipinski definition) is 4. The van der Waals surface area contributed by atoms with Crippen LogP contribution >= 0.6 is 0 Å². The van der Waals surface area contributed by atoms with Gasteiger partial charge in [0.05, 0.1) is 13.7 Å². The van der Waals surface area contributed by atoms with Crippen LogP contribution in [-0.2, 0) is 19.4 Å². The Morgan fingerprint density at radius 2 is 2.00 bits per heavy atom. The Kier molecular flexibility index (Phi) is 5.02. The van der Waals surface area contributed by atoms with Crippen molar-refractivity contribution in [3.63, 3.8) is 0 Å². The third kappa shape index (κ3) is 3.80. The van der Waals surface area contributed by atoms with Gasteiger partial charge in [-0.2, -0.15) is 0 Å². The number of aromatic hydroxyl groups is 1. The van der Waals surface area contributed by atoms with Crippen LogP contribution in [0.1, 0.15) is 29.5 Å². The number of nitrogens with zero attached hydrogens (tertiary/aromatic N) is 1. The van der Waals surface area contributed by atoms with Crippen molar-refractivity contribution in [2.75, 3.05) is 26.8 Å². The minimum atomic E-state index is 0.381. The van der Waals surface area contributed by atoms with Gasteiger partial charge in [0.2, 0.25) is 0 Å². The van der Waals surface area contributed by atoms with Crippen LogP contribution in [0.25, 0.3) is 0 Å². The van der Waals surface area contributed by atoms with Crippen LogP contribution in [0.15, 0.2) is 36.4 Å². The lowest BCUT2D eigenvalue weighted by Gasteiger charge is -2.32. The molecule has 4 rings (SSSR count). The third-order valence-electron chi connectivity index (χ3n) is 5.67. The van der Waals surface area contributed by atoms with Gasteiger partial charge in [0, 0.05) is 13.0 Å². The van der Waals surface area contributed by atoms with Crippen LogP contribution in [-0.4, -0.2) is 36.8 Å². The Bertz CT molecular complexity index is 766. The molecule has 0 bridgehead atoms. The molecular formula is C22H27NO3. The SMILES string of the molecule is COc1ccc(O)c(CC2CCN(Cc3ccc4c(c3)OCC4)CC2)c1. The van der Waals surface area contributed by atoms with Gasteiger partial charge in [-0.25, -0.2) is 0 Å². The van der Waals surface area contributed by atoms with Crippen molar-refractivity contribution in [1.29, 1.82) is 0 Å². The molecular weight excluding hydrogens is 326 g/mol. The molecule has 0 spiro atoms. The number of methoxy groups -OCH3 is 1. The Hall–Kier alpha value is -2.20. The second kappa shape index (κ2) is 7.58. The highest BCUT2D eigenvalue weighted by molar-refractivity contribution is 5.40. The molecule has 0 unspecified atom stereocenters. The van der Waals surface area contributed by atoms with Gasteiger partial charge in [-0.15, -0.1) is 0 Å². The Morgan fingerprint density at radius 3 is 2.81 bits per heavy atom. The van der Waals surface area contributed by atoms with E-state index >= 15 is 0 Å². The summed E-state index contributed by atoms with van der Waals surface area (Å²) < 4.78 is 11.0. The molecule has 0 atom stereocenters. The van der Waals surface area contributed by atoms with E-state index in [0.717, 1.165) is 69.0 Å². The second-order valence-corrected chi connectivity index (χ2v) is 7.46. The van der Waals surface area contributed by atoms with Gasteiger partial charge in [0.25, 0.3) is 0 Å². The fraction of sp³-hybridized carbons (Fsp3) is 0.455. The maximum Gasteiger partial charge on any atom is 0.122 e. The molecule has 0 aliphatic carbocycles. The minimum absolute atomic E-state index is 0.381. The van der Waals surface area contributed by atoms with Crippen molar-refractivity contribution in [3.05, 3.63) is 53.1 Å². The molecule has 0 saturated carbocycles. The number of likely N-dealkylation sites (tertiary alicyclic amines) is 1. The van der Waals surface area contributed by atoms with E-state index in [0.29, 0.717) is 11.7 Å². The minimum Gasteiger partial charge on any atom is -0.508 e. The van der Waals surface area contributed by atoms with Gasteiger partial charge in [-0.3, -0.25) is 4.90 Å². The molecule has 0 aromatic heterocycles. The summed E-state index contributed by atoms with van der Waals surface area (Å²) in [5, 5.41) is 10.1. The number of ether oxygens (including phenoxy) is 2. The smallest absolute Gasteiger partial charge is 0.122 e. The third-order valence-corrected chi connectivity index (χ3v) is 5.67. The normalized spacial score (nSPS) is 17.7. The zero-order valence-corrected chi connectivity index (χ0v) is 15.4. The summed E-state index contributed by atoms with van der Waals surface area (Å²) in [7, 11) is 1.67. The van der Waals surface area contributed by atoms with Crippen molar-refractivity contribution >= 4 is 0 Å². The van der Waals surface area contributed by atoms with E-state index in [-0.39, 0.29) is 0 Å². The number of hydrogen-bond donors (Lipinski definition) is 1. The van der Waals surface area contributed by atoms with E-state index in [1.807, 2.05) is 12.1 Å². The molecule has 1 N–H and O–H groups in total. The highest BCUT2D eigenvalue weighted by atomic mass is 16.5. The van der Waals surface area contributed by atoms with Gasteiger partial charge in [-0.1, -0.05) is 12.1 Å². The molecule has 26 heavy (non-hydrogen) atoms. The second-order valence-electron chi connectivity index (χ2n) is 7.46. The molecule has 4 heteroatoms. The van der Waals surface area contributed by atoms with E-state index < -0.39 is 0 Å². The number of fused-ring (bicyclic) bond motifs is 1. The van der Waals surface area contributed by atoms with Gasteiger partial charge >= 0.3 is 0 Å². The molecule has 138 valence electrons. The van der Waals surface area contributed by atoms with Gasteiger partial charge in [0.15, 0.2) is 0 Å². The quantitative estimate of drug-likeness (QED) is 0.888. The Balaban J connectivity index is 1.31.